The molecule has 0 spiro atoms. The van der Waals surface area contributed by atoms with Crippen molar-refractivity contribution >= 4 is 33.2 Å². The summed E-state index contributed by atoms with van der Waals surface area (Å²) in [6.07, 6.45) is 0.896. The van der Waals surface area contributed by atoms with E-state index in [1.54, 1.807) is 0 Å². The van der Waals surface area contributed by atoms with Gasteiger partial charge in [-0.25, -0.2) is 0 Å². The van der Waals surface area contributed by atoms with Gasteiger partial charge < -0.3 is 5.11 Å². The summed E-state index contributed by atoms with van der Waals surface area (Å²) in [6.45, 7) is 0.303. The van der Waals surface area contributed by atoms with Gasteiger partial charge in [0.15, 0.2) is 0 Å². The first kappa shape index (κ1) is 11.0. The van der Waals surface area contributed by atoms with Crippen LogP contribution in [0.3, 0.4) is 0 Å². The highest BCUT2D eigenvalue weighted by Gasteiger charge is 2.02. The number of thiophene rings is 1. The molecule has 1 aromatic carbocycles. The summed E-state index contributed by atoms with van der Waals surface area (Å²) < 4.78 is 1.37. The quantitative estimate of drug-likeness (QED) is 0.804. The molecule has 1 aromatic heterocycles. The number of hydrogen-bond donors (Lipinski definition) is 1. The Hall–Kier alpha value is -0.510. The highest BCUT2D eigenvalue weighted by Crippen LogP contribution is 2.28. The minimum absolute atomic E-state index is 0.303. The molecule has 3 heteroatoms. The third-order valence-corrected chi connectivity index (χ3v) is 4.37. The van der Waals surface area contributed by atoms with Crippen molar-refractivity contribution in [2.45, 2.75) is 12.2 Å². The predicted octanol–water partition coefficient (Wildman–Crippen LogP) is 3.52. The fraction of sp³-hybridized carbons (Fsp3) is 0.333. The molecule has 0 aliphatic carbocycles. The number of thioether (sulfide) groups is 1. The third-order valence-electron chi connectivity index (χ3n) is 2.27. The Balaban J connectivity index is 2.02. The third kappa shape index (κ3) is 2.74. The summed E-state index contributed by atoms with van der Waals surface area (Å²) in [7, 11) is 0. The molecule has 0 saturated heterocycles. The molecule has 1 heterocycles. The summed E-state index contributed by atoms with van der Waals surface area (Å²) in [5, 5.41) is 12.3. The van der Waals surface area contributed by atoms with Crippen LogP contribution in [-0.4, -0.2) is 17.5 Å². The van der Waals surface area contributed by atoms with Crippen LogP contribution in [0.25, 0.3) is 10.1 Å². The molecular formula is C12H14OS2. The first-order valence-electron chi connectivity index (χ1n) is 5.05. The lowest BCUT2D eigenvalue weighted by Gasteiger charge is -1.99. The number of aliphatic hydroxyl groups excluding tert-OH is 1. The Bertz CT molecular complexity index is 422. The Morgan fingerprint density at radius 3 is 3.00 bits per heavy atom. The second-order valence-electron chi connectivity index (χ2n) is 3.39. The molecule has 80 valence electrons. The monoisotopic (exact) mass is 238 g/mol. The standard InChI is InChI=1S/C12H14OS2/c13-6-3-7-14-8-10-9-15-12-5-2-1-4-11(10)12/h1-2,4-5,9,13H,3,6-8H2. The molecule has 0 atom stereocenters. The zero-order chi connectivity index (χ0) is 10.5. The van der Waals surface area contributed by atoms with Crippen LogP contribution in [0.1, 0.15) is 12.0 Å². The second kappa shape index (κ2) is 5.54. The van der Waals surface area contributed by atoms with E-state index in [1.807, 2.05) is 23.1 Å². The molecule has 15 heavy (non-hydrogen) atoms. The Labute approximate surface area is 98.1 Å². The van der Waals surface area contributed by atoms with E-state index in [-0.39, 0.29) is 0 Å². The smallest absolute Gasteiger partial charge is 0.0438 e. The number of rotatable bonds is 5. The maximum atomic E-state index is 8.68. The molecule has 0 aliphatic rings. The molecule has 1 nitrogen and oxygen atoms in total. The summed E-state index contributed by atoms with van der Waals surface area (Å²) in [5.74, 6) is 2.10. The summed E-state index contributed by atoms with van der Waals surface area (Å²) in [4.78, 5) is 0. The van der Waals surface area contributed by atoms with Crippen molar-refractivity contribution in [1.29, 1.82) is 0 Å². The fourth-order valence-electron chi connectivity index (χ4n) is 1.49. The maximum Gasteiger partial charge on any atom is 0.0438 e. The minimum atomic E-state index is 0.303. The van der Waals surface area contributed by atoms with Gasteiger partial charge in [-0.15, -0.1) is 11.3 Å². The number of benzene rings is 1. The van der Waals surface area contributed by atoms with Gasteiger partial charge in [0, 0.05) is 17.1 Å². The van der Waals surface area contributed by atoms with E-state index in [9.17, 15) is 0 Å². The molecule has 1 N–H and O–H groups in total. The molecule has 2 rings (SSSR count). The number of aliphatic hydroxyl groups is 1. The van der Waals surface area contributed by atoms with E-state index in [0.717, 1.165) is 17.9 Å². The lowest BCUT2D eigenvalue weighted by Crippen LogP contribution is -1.86. The van der Waals surface area contributed by atoms with Gasteiger partial charge in [-0.3, -0.25) is 0 Å². The number of fused-ring (bicyclic) bond motifs is 1. The molecule has 0 amide bonds. The predicted molar refractivity (Wildman–Crippen MR) is 69.7 cm³/mol. The molecule has 0 saturated carbocycles. The lowest BCUT2D eigenvalue weighted by molar-refractivity contribution is 0.296. The van der Waals surface area contributed by atoms with Gasteiger partial charge in [0.1, 0.15) is 0 Å². The lowest BCUT2D eigenvalue weighted by atomic mass is 10.2. The Morgan fingerprint density at radius 2 is 2.13 bits per heavy atom. The first-order chi connectivity index (χ1) is 7.42. The Morgan fingerprint density at radius 1 is 1.27 bits per heavy atom. The second-order valence-corrected chi connectivity index (χ2v) is 5.40. The van der Waals surface area contributed by atoms with Crippen LogP contribution in [-0.2, 0) is 5.75 Å². The van der Waals surface area contributed by atoms with Crippen LogP contribution >= 0.6 is 23.1 Å². The Kier molecular flexibility index (Phi) is 4.06. The van der Waals surface area contributed by atoms with E-state index in [0.29, 0.717) is 6.61 Å². The van der Waals surface area contributed by atoms with E-state index in [4.69, 9.17) is 5.11 Å². The van der Waals surface area contributed by atoms with Crippen molar-refractivity contribution in [1.82, 2.24) is 0 Å². The topological polar surface area (TPSA) is 20.2 Å². The highest BCUT2D eigenvalue weighted by molar-refractivity contribution is 7.98. The van der Waals surface area contributed by atoms with E-state index >= 15 is 0 Å². The van der Waals surface area contributed by atoms with Crippen LogP contribution in [0.15, 0.2) is 29.6 Å². The number of hydrogen-bond acceptors (Lipinski definition) is 3. The van der Waals surface area contributed by atoms with E-state index in [2.05, 4.69) is 29.6 Å². The van der Waals surface area contributed by atoms with Crippen molar-refractivity contribution in [2.24, 2.45) is 0 Å². The summed E-state index contributed by atoms with van der Waals surface area (Å²) in [6, 6.07) is 8.54. The van der Waals surface area contributed by atoms with Crippen LogP contribution in [0, 0.1) is 0 Å². The summed E-state index contributed by atoms with van der Waals surface area (Å²) >= 11 is 3.71. The van der Waals surface area contributed by atoms with Crippen molar-refractivity contribution in [3.05, 3.63) is 35.2 Å². The molecule has 2 aromatic rings. The van der Waals surface area contributed by atoms with Gasteiger partial charge in [-0.1, -0.05) is 18.2 Å². The molecular weight excluding hydrogens is 224 g/mol. The average Bonchev–Trinajstić information content (AvgIpc) is 2.68. The van der Waals surface area contributed by atoms with Gasteiger partial charge in [-0.2, -0.15) is 11.8 Å². The normalized spacial score (nSPS) is 11.0. The molecule has 0 fully saturated rings. The van der Waals surface area contributed by atoms with Crippen molar-refractivity contribution in [3.63, 3.8) is 0 Å². The van der Waals surface area contributed by atoms with Crippen LogP contribution in [0.2, 0.25) is 0 Å². The maximum absolute atomic E-state index is 8.68. The van der Waals surface area contributed by atoms with Crippen LogP contribution in [0.5, 0.6) is 0 Å². The molecule has 0 aliphatic heterocycles. The van der Waals surface area contributed by atoms with Crippen LogP contribution in [0.4, 0.5) is 0 Å². The largest absolute Gasteiger partial charge is 0.396 e. The van der Waals surface area contributed by atoms with Gasteiger partial charge in [0.25, 0.3) is 0 Å². The van der Waals surface area contributed by atoms with Gasteiger partial charge in [0.05, 0.1) is 0 Å². The minimum Gasteiger partial charge on any atom is -0.396 e. The first-order valence-corrected chi connectivity index (χ1v) is 7.09. The summed E-state index contributed by atoms with van der Waals surface area (Å²) in [5.41, 5.74) is 1.43. The van der Waals surface area contributed by atoms with E-state index in [1.165, 1.54) is 15.6 Å². The SMILES string of the molecule is OCCCSCc1csc2ccccc12. The highest BCUT2D eigenvalue weighted by atomic mass is 32.2. The van der Waals surface area contributed by atoms with E-state index < -0.39 is 0 Å². The molecule has 0 unspecified atom stereocenters. The van der Waals surface area contributed by atoms with Crippen molar-refractivity contribution in [2.75, 3.05) is 12.4 Å². The fourth-order valence-corrected chi connectivity index (χ4v) is 3.50. The van der Waals surface area contributed by atoms with Gasteiger partial charge >= 0.3 is 0 Å². The zero-order valence-electron chi connectivity index (χ0n) is 8.48. The van der Waals surface area contributed by atoms with Gasteiger partial charge in [0.2, 0.25) is 0 Å². The van der Waals surface area contributed by atoms with Gasteiger partial charge in [-0.05, 0) is 34.6 Å². The van der Waals surface area contributed by atoms with Crippen molar-refractivity contribution < 1.29 is 5.11 Å². The van der Waals surface area contributed by atoms with Crippen molar-refractivity contribution in [3.8, 4) is 0 Å². The zero-order valence-corrected chi connectivity index (χ0v) is 10.1. The van der Waals surface area contributed by atoms with Crippen LogP contribution < -0.4 is 0 Å². The molecule has 0 radical (unpaired) electrons. The molecule has 0 bridgehead atoms. The average molecular weight is 238 g/mol.